The van der Waals surface area contributed by atoms with E-state index in [1.54, 1.807) is 24.8 Å². The maximum absolute atomic E-state index is 13.3. The number of morpholine rings is 1. The van der Waals surface area contributed by atoms with Gasteiger partial charge in [0, 0.05) is 53.4 Å². The van der Waals surface area contributed by atoms with Gasteiger partial charge in [-0.25, -0.2) is 9.97 Å². The molecule has 1 fully saturated rings. The molecule has 8 nitrogen and oxygen atoms in total. The van der Waals surface area contributed by atoms with Gasteiger partial charge < -0.3 is 15.4 Å². The standard InChI is InChI=1S/C23H20N6O2/c24-23-27-12-16(13-28-23)15-6-7-20(26-11-15)21-14-29(9-10-31-21)22(30)18-3-1-5-19-17(18)4-2-8-25-19/h1-8,11-13,21H,9-10,14H2,(H2,24,27,28)/t21-/m1/s1. The highest BCUT2D eigenvalue weighted by Gasteiger charge is 2.27. The van der Waals surface area contributed by atoms with Gasteiger partial charge in [0.05, 0.1) is 24.4 Å². The average Bonchev–Trinajstić information content (AvgIpc) is 2.84. The van der Waals surface area contributed by atoms with Crippen LogP contribution in [0.1, 0.15) is 22.2 Å². The lowest BCUT2D eigenvalue weighted by atomic mass is 10.1. The summed E-state index contributed by atoms with van der Waals surface area (Å²) in [6, 6.07) is 13.2. The molecule has 5 rings (SSSR count). The number of carbonyl (C=O) groups excluding carboxylic acids is 1. The summed E-state index contributed by atoms with van der Waals surface area (Å²) in [6.45, 7) is 1.42. The Morgan fingerprint density at radius 1 is 0.968 bits per heavy atom. The van der Waals surface area contributed by atoms with Crippen LogP contribution in [0.3, 0.4) is 0 Å². The SMILES string of the molecule is Nc1ncc(-c2ccc([C@H]3CN(C(=O)c4cccc5ncccc45)CCO3)nc2)cn1. The Kier molecular flexibility index (Phi) is 4.97. The van der Waals surface area contributed by atoms with Crippen molar-refractivity contribution in [3.63, 3.8) is 0 Å². The molecular weight excluding hydrogens is 392 g/mol. The first-order valence-electron chi connectivity index (χ1n) is 9.97. The molecule has 0 spiro atoms. The van der Waals surface area contributed by atoms with Crippen molar-refractivity contribution in [2.45, 2.75) is 6.10 Å². The lowest BCUT2D eigenvalue weighted by molar-refractivity contribution is -0.0246. The van der Waals surface area contributed by atoms with Gasteiger partial charge in [0.2, 0.25) is 5.95 Å². The van der Waals surface area contributed by atoms with E-state index in [-0.39, 0.29) is 18.0 Å². The molecule has 3 aromatic heterocycles. The van der Waals surface area contributed by atoms with Crippen LogP contribution in [0.2, 0.25) is 0 Å². The molecule has 1 atom stereocenters. The molecule has 2 N–H and O–H groups in total. The Morgan fingerprint density at radius 3 is 2.61 bits per heavy atom. The first-order chi connectivity index (χ1) is 15.2. The Labute approximate surface area is 178 Å². The van der Waals surface area contributed by atoms with Crippen LogP contribution in [0.5, 0.6) is 0 Å². The summed E-state index contributed by atoms with van der Waals surface area (Å²) in [5.41, 5.74) is 9.50. The first-order valence-corrected chi connectivity index (χ1v) is 9.97. The van der Waals surface area contributed by atoms with Gasteiger partial charge in [-0.3, -0.25) is 14.8 Å². The number of nitrogens with two attached hydrogens (primary N) is 1. The quantitative estimate of drug-likeness (QED) is 0.551. The molecular formula is C23H20N6O2. The van der Waals surface area contributed by atoms with Gasteiger partial charge in [-0.2, -0.15) is 0 Å². The summed E-state index contributed by atoms with van der Waals surface area (Å²) in [5.74, 6) is 0.207. The summed E-state index contributed by atoms with van der Waals surface area (Å²) in [5, 5.41) is 0.853. The third kappa shape index (κ3) is 3.80. The second kappa shape index (κ2) is 8.08. The minimum atomic E-state index is -0.289. The topological polar surface area (TPSA) is 107 Å². The Balaban J connectivity index is 1.35. The van der Waals surface area contributed by atoms with Crippen molar-refractivity contribution < 1.29 is 9.53 Å². The number of aromatic nitrogens is 4. The highest BCUT2D eigenvalue weighted by atomic mass is 16.5. The van der Waals surface area contributed by atoms with E-state index in [2.05, 4.69) is 19.9 Å². The minimum absolute atomic E-state index is 0.0254. The van der Waals surface area contributed by atoms with Crippen molar-refractivity contribution in [1.82, 2.24) is 24.8 Å². The van der Waals surface area contributed by atoms with Gasteiger partial charge in [-0.05, 0) is 24.3 Å². The zero-order valence-corrected chi connectivity index (χ0v) is 16.7. The third-order valence-corrected chi connectivity index (χ3v) is 5.35. The highest BCUT2D eigenvalue weighted by Crippen LogP contribution is 2.26. The molecule has 0 radical (unpaired) electrons. The van der Waals surface area contributed by atoms with Crippen LogP contribution in [0.4, 0.5) is 5.95 Å². The zero-order chi connectivity index (χ0) is 21.2. The van der Waals surface area contributed by atoms with Crippen molar-refractivity contribution in [1.29, 1.82) is 0 Å². The summed E-state index contributed by atoms with van der Waals surface area (Å²) >= 11 is 0. The third-order valence-electron chi connectivity index (χ3n) is 5.35. The molecule has 0 bridgehead atoms. The fourth-order valence-electron chi connectivity index (χ4n) is 3.73. The number of benzene rings is 1. The van der Waals surface area contributed by atoms with E-state index in [0.717, 1.165) is 27.7 Å². The van der Waals surface area contributed by atoms with Crippen LogP contribution in [0.15, 0.2) is 67.3 Å². The van der Waals surface area contributed by atoms with E-state index >= 15 is 0 Å². The molecule has 31 heavy (non-hydrogen) atoms. The summed E-state index contributed by atoms with van der Waals surface area (Å²) in [4.78, 5) is 32.0. The van der Waals surface area contributed by atoms with Crippen LogP contribution in [-0.4, -0.2) is 50.4 Å². The smallest absolute Gasteiger partial charge is 0.254 e. The molecule has 1 aromatic carbocycles. The zero-order valence-electron chi connectivity index (χ0n) is 16.7. The number of pyridine rings is 2. The van der Waals surface area contributed by atoms with Gasteiger partial charge in [0.15, 0.2) is 0 Å². The molecule has 4 aromatic rings. The van der Waals surface area contributed by atoms with Crippen LogP contribution in [0.25, 0.3) is 22.0 Å². The number of fused-ring (bicyclic) bond motifs is 1. The van der Waals surface area contributed by atoms with Crippen LogP contribution in [0, 0.1) is 0 Å². The van der Waals surface area contributed by atoms with Crippen molar-refractivity contribution in [3.8, 4) is 11.1 Å². The van der Waals surface area contributed by atoms with Crippen molar-refractivity contribution in [2.75, 3.05) is 25.4 Å². The van der Waals surface area contributed by atoms with E-state index in [9.17, 15) is 4.79 Å². The molecule has 0 unspecified atom stereocenters. The number of carbonyl (C=O) groups is 1. The van der Waals surface area contributed by atoms with Crippen molar-refractivity contribution in [2.24, 2.45) is 0 Å². The van der Waals surface area contributed by atoms with Gasteiger partial charge in [0.1, 0.15) is 6.10 Å². The highest BCUT2D eigenvalue weighted by molar-refractivity contribution is 6.06. The second-order valence-corrected chi connectivity index (χ2v) is 7.29. The summed E-state index contributed by atoms with van der Waals surface area (Å²) < 4.78 is 5.92. The van der Waals surface area contributed by atoms with Crippen LogP contribution >= 0.6 is 0 Å². The van der Waals surface area contributed by atoms with Gasteiger partial charge in [-0.1, -0.05) is 18.2 Å². The number of rotatable bonds is 3. The molecule has 8 heteroatoms. The first kappa shape index (κ1) is 19.1. The van der Waals surface area contributed by atoms with E-state index in [1.165, 1.54) is 0 Å². The van der Waals surface area contributed by atoms with E-state index in [1.807, 2.05) is 47.4 Å². The summed E-state index contributed by atoms with van der Waals surface area (Å²) in [6.07, 6.45) is 6.52. The Morgan fingerprint density at radius 2 is 1.81 bits per heavy atom. The molecule has 0 aliphatic carbocycles. The average molecular weight is 412 g/mol. The molecule has 0 saturated carbocycles. The van der Waals surface area contributed by atoms with Gasteiger partial charge in [0.25, 0.3) is 5.91 Å². The maximum Gasteiger partial charge on any atom is 0.254 e. The molecule has 1 aliphatic rings. The number of hydrogen-bond acceptors (Lipinski definition) is 7. The number of hydrogen-bond donors (Lipinski definition) is 1. The van der Waals surface area contributed by atoms with Gasteiger partial charge in [-0.15, -0.1) is 0 Å². The van der Waals surface area contributed by atoms with Crippen molar-refractivity contribution in [3.05, 3.63) is 78.5 Å². The lowest BCUT2D eigenvalue weighted by Crippen LogP contribution is -2.42. The fourth-order valence-corrected chi connectivity index (χ4v) is 3.73. The van der Waals surface area contributed by atoms with Crippen LogP contribution < -0.4 is 5.73 Å². The van der Waals surface area contributed by atoms with Crippen molar-refractivity contribution >= 4 is 22.8 Å². The number of ether oxygens (including phenoxy) is 1. The monoisotopic (exact) mass is 412 g/mol. The number of amides is 1. The fraction of sp³-hybridized carbons (Fsp3) is 0.174. The van der Waals surface area contributed by atoms with E-state index < -0.39 is 0 Å². The predicted octanol–water partition coefficient (Wildman–Crippen LogP) is 2.88. The normalized spacial score (nSPS) is 16.4. The Hall–Kier alpha value is -3.91. The maximum atomic E-state index is 13.3. The van der Waals surface area contributed by atoms with E-state index in [4.69, 9.17) is 10.5 Å². The number of nitrogen functional groups attached to an aromatic ring is 1. The molecule has 154 valence electrons. The summed E-state index contributed by atoms with van der Waals surface area (Å²) in [7, 11) is 0. The Bertz CT molecular complexity index is 1220. The second-order valence-electron chi connectivity index (χ2n) is 7.29. The molecule has 1 amide bonds. The largest absolute Gasteiger partial charge is 0.368 e. The number of nitrogens with zero attached hydrogens (tertiary/aromatic N) is 5. The van der Waals surface area contributed by atoms with E-state index in [0.29, 0.717) is 25.3 Å². The van der Waals surface area contributed by atoms with Gasteiger partial charge >= 0.3 is 0 Å². The molecule has 4 heterocycles. The predicted molar refractivity (Wildman–Crippen MR) is 116 cm³/mol. The van der Waals surface area contributed by atoms with Crippen LogP contribution in [-0.2, 0) is 4.74 Å². The lowest BCUT2D eigenvalue weighted by Gasteiger charge is -2.33. The minimum Gasteiger partial charge on any atom is -0.368 e. The molecule has 1 saturated heterocycles. The molecule has 1 aliphatic heterocycles. The number of anilines is 1.